The Morgan fingerprint density at radius 3 is 3.00 bits per heavy atom. The molecule has 2 N–H and O–H groups in total. The van der Waals surface area contributed by atoms with Gasteiger partial charge >= 0.3 is 0 Å². The number of hydrogen-bond acceptors (Lipinski definition) is 6. The summed E-state index contributed by atoms with van der Waals surface area (Å²) < 4.78 is 6.91. The molecule has 7 heteroatoms. The Labute approximate surface area is 112 Å². The summed E-state index contributed by atoms with van der Waals surface area (Å²) in [7, 11) is 1.70. The highest BCUT2D eigenvalue weighted by Crippen LogP contribution is 2.16. The number of anilines is 1. The molecule has 19 heavy (non-hydrogen) atoms. The van der Waals surface area contributed by atoms with Gasteiger partial charge in [-0.05, 0) is 19.9 Å². The van der Waals surface area contributed by atoms with Gasteiger partial charge in [0.05, 0.1) is 6.61 Å². The largest absolute Gasteiger partial charge is 0.383 e. The molecule has 0 unspecified atom stereocenters. The van der Waals surface area contributed by atoms with Gasteiger partial charge in [0.15, 0.2) is 0 Å². The predicted molar refractivity (Wildman–Crippen MR) is 73.3 cm³/mol. The quantitative estimate of drug-likeness (QED) is 0.771. The number of ether oxygens (including phenoxy) is 1. The first kappa shape index (κ1) is 13.7. The van der Waals surface area contributed by atoms with Crippen LogP contribution in [0.2, 0.25) is 0 Å². The van der Waals surface area contributed by atoms with E-state index < -0.39 is 0 Å². The van der Waals surface area contributed by atoms with E-state index >= 15 is 0 Å². The summed E-state index contributed by atoms with van der Waals surface area (Å²) in [6.07, 6.45) is 2.43. The second-order valence-corrected chi connectivity index (χ2v) is 4.35. The van der Waals surface area contributed by atoms with Crippen LogP contribution in [0.1, 0.15) is 12.1 Å². The van der Waals surface area contributed by atoms with Crippen molar-refractivity contribution in [3.63, 3.8) is 0 Å². The SMILES string of the molecule is COCCN(CCCN)c1cc(C)nc2ncnn12. The number of nitrogens with zero attached hydrogens (tertiary/aromatic N) is 5. The monoisotopic (exact) mass is 264 g/mol. The van der Waals surface area contributed by atoms with Crippen LogP contribution in [0.15, 0.2) is 12.4 Å². The molecule has 0 aromatic carbocycles. The molecule has 0 bridgehead atoms. The maximum Gasteiger partial charge on any atom is 0.254 e. The van der Waals surface area contributed by atoms with Crippen LogP contribution in [0.4, 0.5) is 5.82 Å². The Morgan fingerprint density at radius 1 is 1.42 bits per heavy atom. The Balaban J connectivity index is 2.33. The molecule has 0 saturated heterocycles. The van der Waals surface area contributed by atoms with E-state index in [1.165, 1.54) is 6.33 Å². The number of fused-ring (bicyclic) bond motifs is 1. The number of methoxy groups -OCH3 is 1. The Bertz CT molecular complexity index is 518. The maximum absolute atomic E-state index is 5.60. The number of hydrogen-bond donors (Lipinski definition) is 1. The van der Waals surface area contributed by atoms with Crippen molar-refractivity contribution >= 4 is 11.6 Å². The second-order valence-electron chi connectivity index (χ2n) is 4.35. The summed E-state index contributed by atoms with van der Waals surface area (Å²) in [5, 5.41) is 4.23. The van der Waals surface area contributed by atoms with Crippen LogP contribution in [0.5, 0.6) is 0 Å². The van der Waals surface area contributed by atoms with Crippen LogP contribution >= 0.6 is 0 Å². The van der Waals surface area contributed by atoms with E-state index in [-0.39, 0.29) is 0 Å². The molecule has 2 aromatic rings. The van der Waals surface area contributed by atoms with E-state index in [0.717, 1.165) is 31.0 Å². The van der Waals surface area contributed by atoms with Gasteiger partial charge < -0.3 is 15.4 Å². The predicted octanol–water partition coefficient (Wildman–Crippen LogP) is 0.234. The first-order chi connectivity index (χ1) is 9.26. The van der Waals surface area contributed by atoms with Crippen molar-refractivity contribution < 1.29 is 4.74 Å². The third-order valence-corrected chi connectivity index (χ3v) is 2.88. The molecular formula is C12H20N6O. The number of nitrogens with two attached hydrogens (primary N) is 1. The van der Waals surface area contributed by atoms with Crippen molar-refractivity contribution in [2.24, 2.45) is 5.73 Å². The standard InChI is InChI=1S/C12H20N6O/c1-10-8-11(18-12(16-10)14-9-15-18)17(5-3-4-13)6-7-19-2/h8-9H,3-7,13H2,1-2H3. The van der Waals surface area contributed by atoms with Gasteiger partial charge in [-0.25, -0.2) is 4.98 Å². The lowest BCUT2D eigenvalue weighted by Gasteiger charge is -2.24. The summed E-state index contributed by atoms with van der Waals surface area (Å²) in [6.45, 7) is 4.92. The molecule has 0 saturated carbocycles. The highest BCUT2D eigenvalue weighted by molar-refractivity contribution is 5.47. The van der Waals surface area contributed by atoms with Crippen molar-refractivity contribution in [2.45, 2.75) is 13.3 Å². The minimum atomic E-state index is 0.616. The van der Waals surface area contributed by atoms with E-state index in [4.69, 9.17) is 10.5 Å². The van der Waals surface area contributed by atoms with Gasteiger partial charge in [-0.3, -0.25) is 0 Å². The zero-order valence-electron chi connectivity index (χ0n) is 11.4. The first-order valence-corrected chi connectivity index (χ1v) is 6.37. The highest BCUT2D eigenvalue weighted by atomic mass is 16.5. The van der Waals surface area contributed by atoms with Crippen LogP contribution in [0, 0.1) is 6.92 Å². The molecule has 0 radical (unpaired) electrons. The number of aromatic nitrogens is 4. The molecule has 2 rings (SSSR count). The lowest BCUT2D eigenvalue weighted by molar-refractivity contribution is 0.205. The molecule has 0 aliphatic heterocycles. The average molecular weight is 264 g/mol. The van der Waals surface area contributed by atoms with Gasteiger partial charge in [-0.15, -0.1) is 0 Å². The fourth-order valence-corrected chi connectivity index (χ4v) is 1.96. The van der Waals surface area contributed by atoms with E-state index in [2.05, 4.69) is 20.0 Å². The van der Waals surface area contributed by atoms with Crippen molar-refractivity contribution in [3.8, 4) is 0 Å². The van der Waals surface area contributed by atoms with Gasteiger partial charge in [0.25, 0.3) is 5.78 Å². The van der Waals surface area contributed by atoms with Gasteiger partial charge in [-0.1, -0.05) is 0 Å². The van der Waals surface area contributed by atoms with Crippen LogP contribution < -0.4 is 10.6 Å². The molecule has 0 spiro atoms. The van der Waals surface area contributed by atoms with Gasteiger partial charge in [0, 0.05) is 32.0 Å². The van der Waals surface area contributed by atoms with Crippen molar-refractivity contribution in [1.82, 2.24) is 19.6 Å². The molecule has 7 nitrogen and oxygen atoms in total. The fraction of sp³-hybridized carbons (Fsp3) is 0.583. The van der Waals surface area contributed by atoms with Crippen molar-refractivity contribution in [1.29, 1.82) is 0 Å². The van der Waals surface area contributed by atoms with Crippen LogP contribution in [-0.2, 0) is 4.74 Å². The summed E-state index contributed by atoms with van der Waals surface area (Å²) in [5.41, 5.74) is 6.52. The topological polar surface area (TPSA) is 81.6 Å². The smallest absolute Gasteiger partial charge is 0.254 e. The highest BCUT2D eigenvalue weighted by Gasteiger charge is 2.12. The molecule has 104 valence electrons. The second kappa shape index (κ2) is 6.44. The molecule has 0 aliphatic carbocycles. The van der Waals surface area contributed by atoms with Gasteiger partial charge in [-0.2, -0.15) is 14.6 Å². The maximum atomic E-state index is 5.60. The summed E-state index contributed by atoms with van der Waals surface area (Å²) in [5.74, 6) is 1.59. The zero-order chi connectivity index (χ0) is 13.7. The minimum absolute atomic E-state index is 0.616. The Morgan fingerprint density at radius 2 is 2.26 bits per heavy atom. The van der Waals surface area contributed by atoms with E-state index in [9.17, 15) is 0 Å². The third-order valence-electron chi connectivity index (χ3n) is 2.88. The molecule has 0 amide bonds. The third kappa shape index (κ3) is 3.18. The van der Waals surface area contributed by atoms with E-state index in [1.807, 2.05) is 13.0 Å². The molecular weight excluding hydrogens is 244 g/mol. The Kier molecular flexibility index (Phi) is 4.64. The molecule has 2 heterocycles. The van der Waals surface area contributed by atoms with E-state index in [1.54, 1.807) is 11.6 Å². The van der Waals surface area contributed by atoms with Gasteiger partial charge in [0.1, 0.15) is 12.1 Å². The van der Waals surface area contributed by atoms with E-state index in [0.29, 0.717) is 18.9 Å². The molecule has 2 aromatic heterocycles. The molecule has 0 atom stereocenters. The number of rotatable bonds is 7. The lowest BCUT2D eigenvalue weighted by Crippen LogP contribution is -2.31. The fourth-order valence-electron chi connectivity index (χ4n) is 1.96. The van der Waals surface area contributed by atoms with Crippen LogP contribution in [0.25, 0.3) is 5.78 Å². The molecule has 0 fully saturated rings. The van der Waals surface area contributed by atoms with Gasteiger partial charge in [0.2, 0.25) is 0 Å². The molecule has 0 aliphatic rings. The van der Waals surface area contributed by atoms with Crippen LogP contribution in [0.3, 0.4) is 0 Å². The normalized spacial score (nSPS) is 11.1. The summed E-state index contributed by atoms with van der Waals surface area (Å²) >= 11 is 0. The Hall–Kier alpha value is -1.73. The average Bonchev–Trinajstić information content (AvgIpc) is 2.86. The van der Waals surface area contributed by atoms with Crippen LogP contribution in [-0.4, -0.2) is 52.9 Å². The first-order valence-electron chi connectivity index (χ1n) is 6.37. The number of aryl methyl sites for hydroxylation is 1. The lowest BCUT2D eigenvalue weighted by atomic mass is 10.3. The minimum Gasteiger partial charge on any atom is -0.383 e. The van der Waals surface area contributed by atoms with Crippen molar-refractivity contribution in [2.75, 3.05) is 38.3 Å². The summed E-state index contributed by atoms with van der Waals surface area (Å²) in [4.78, 5) is 10.7. The zero-order valence-corrected chi connectivity index (χ0v) is 11.4. The van der Waals surface area contributed by atoms with Crippen molar-refractivity contribution in [3.05, 3.63) is 18.1 Å². The summed E-state index contributed by atoms with van der Waals surface area (Å²) in [6, 6.07) is 2.01.